The number of ether oxygens (including phenoxy) is 2. The first kappa shape index (κ1) is 15.9. The second-order valence-corrected chi connectivity index (χ2v) is 4.77. The summed E-state index contributed by atoms with van der Waals surface area (Å²) in [6, 6.07) is 0. The van der Waals surface area contributed by atoms with Gasteiger partial charge in [0.25, 0.3) is 0 Å². The van der Waals surface area contributed by atoms with Gasteiger partial charge in [-0.3, -0.25) is 14.5 Å². The molecule has 110 valence electrons. The van der Waals surface area contributed by atoms with Crippen LogP contribution in [0.2, 0.25) is 0 Å². The molecule has 0 aliphatic carbocycles. The van der Waals surface area contributed by atoms with Crippen LogP contribution in [0.3, 0.4) is 0 Å². The number of hydrogen-bond acceptors (Lipinski definition) is 6. The molecule has 0 bridgehead atoms. The van der Waals surface area contributed by atoms with E-state index in [1.54, 1.807) is 4.90 Å². The minimum absolute atomic E-state index is 0.124. The SMILES string of the molecule is COC(=O)CN(CCN1CCCCC1)CC(=O)OC. The van der Waals surface area contributed by atoms with E-state index in [0.717, 1.165) is 19.6 Å². The predicted octanol–water partition coefficient (Wildman–Crippen LogP) is 0.120. The van der Waals surface area contributed by atoms with Crippen molar-refractivity contribution in [3.05, 3.63) is 0 Å². The molecule has 6 heteroatoms. The first-order valence-electron chi connectivity index (χ1n) is 6.74. The van der Waals surface area contributed by atoms with E-state index in [0.29, 0.717) is 6.54 Å². The molecule has 1 heterocycles. The van der Waals surface area contributed by atoms with E-state index in [1.165, 1.54) is 33.5 Å². The largest absolute Gasteiger partial charge is 0.468 e. The number of esters is 2. The van der Waals surface area contributed by atoms with Gasteiger partial charge in [0, 0.05) is 13.1 Å². The summed E-state index contributed by atoms with van der Waals surface area (Å²) in [7, 11) is 2.70. The highest BCUT2D eigenvalue weighted by atomic mass is 16.5. The highest BCUT2D eigenvalue weighted by molar-refractivity contribution is 5.74. The van der Waals surface area contributed by atoms with Crippen LogP contribution >= 0.6 is 0 Å². The zero-order chi connectivity index (χ0) is 14.1. The molecule has 6 nitrogen and oxygen atoms in total. The molecule has 1 fully saturated rings. The Morgan fingerprint density at radius 1 is 1.00 bits per heavy atom. The Kier molecular flexibility index (Phi) is 7.43. The van der Waals surface area contributed by atoms with E-state index >= 15 is 0 Å². The molecule has 0 unspecified atom stereocenters. The van der Waals surface area contributed by atoms with Crippen molar-refractivity contribution in [2.45, 2.75) is 19.3 Å². The molecule has 1 aliphatic rings. The molecule has 1 saturated heterocycles. The van der Waals surface area contributed by atoms with Gasteiger partial charge in [-0.25, -0.2) is 0 Å². The van der Waals surface area contributed by atoms with Crippen molar-refractivity contribution < 1.29 is 19.1 Å². The maximum Gasteiger partial charge on any atom is 0.319 e. The van der Waals surface area contributed by atoms with Crippen LogP contribution in [0.15, 0.2) is 0 Å². The Bertz CT molecular complexity index is 272. The first-order chi connectivity index (χ1) is 9.15. The highest BCUT2D eigenvalue weighted by Crippen LogP contribution is 2.08. The average molecular weight is 272 g/mol. The van der Waals surface area contributed by atoms with Crippen LogP contribution in [0.25, 0.3) is 0 Å². The minimum Gasteiger partial charge on any atom is -0.468 e. The van der Waals surface area contributed by atoms with E-state index in [-0.39, 0.29) is 25.0 Å². The van der Waals surface area contributed by atoms with Crippen molar-refractivity contribution in [3.63, 3.8) is 0 Å². The lowest BCUT2D eigenvalue weighted by molar-refractivity contribution is -0.145. The van der Waals surface area contributed by atoms with Gasteiger partial charge in [0.15, 0.2) is 0 Å². The number of carbonyl (C=O) groups excluding carboxylic acids is 2. The quantitative estimate of drug-likeness (QED) is 0.614. The van der Waals surface area contributed by atoms with Gasteiger partial charge in [0.2, 0.25) is 0 Å². The molecule has 0 saturated carbocycles. The average Bonchev–Trinajstić information content (AvgIpc) is 2.45. The molecule has 1 aliphatic heterocycles. The van der Waals surface area contributed by atoms with Crippen molar-refractivity contribution in [2.75, 3.05) is 53.5 Å². The lowest BCUT2D eigenvalue weighted by Gasteiger charge is -2.29. The van der Waals surface area contributed by atoms with Crippen LogP contribution < -0.4 is 0 Å². The van der Waals surface area contributed by atoms with E-state index < -0.39 is 0 Å². The Labute approximate surface area is 114 Å². The van der Waals surface area contributed by atoms with Gasteiger partial charge in [0.05, 0.1) is 27.3 Å². The second-order valence-electron chi connectivity index (χ2n) is 4.77. The summed E-state index contributed by atoms with van der Waals surface area (Å²) >= 11 is 0. The summed E-state index contributed by atoms with van der Waals surface area (Å²) in [5.41, 5.74) is 0. The van der Waals surface area contributed by atoms with Crippen molar-refractivity contribution in [1.29, 1.82) is 0 Å². The summed E-state index contributed by atoms with van der Waals surface area (Å²) in [5, 5.41) is 0. The summed E-state index contributed by atoms with van der Waals surface area (Å²) < 4.78 is 9.28. The van der Waals surface area contributed by atoms with Crippen LogP contribution in [-0.4, -0.2) is 75.2 Å². The summed E-state index contributed by atoms with van der Waals surface area (Å²) in [6.07, 6.45) is 3.76. The molecule has 19 heavy (non-hydrogen) atoms. The molecule has 0 spiro atoms. The van der Waals surface area contributed by atoms with Gasteiger partial charge < -0.3 is 14.4 Å². The lowest BCUT2D eigenvalue weighted by atomic mass is 10.1. The number of methoxy groups -OCH3 is 2. The molecular formula is C13H24N2O4. The van der Waals surface area contributed by atoms with Crippen molar-refractivity contribution in [2.24, 2.45) is 0 Å². The topological polar surface area (TPSA) is 59.1 Å². The van der Waals surface area contributed by atoms with Gasteiger partial charge in [-0.05, 0) is 25.9 Å². The molecule has 0 amide bonds. The Hall–Kier alpha value is -1.14. The third-order valence-electron chi connectivity index (χ3n) is 3.34. The van der Waals surface area contributed by atoms with Crippen LogP contribution in [-0.2, 0) is 19.1 Å². The fraction of sp³-hybridized carbons (Fsp3) is 0.846. The van der Waals surface area contributed by atoms with Gasteiger partial charge in [-0.1, -0.05) is 6.42 Å². The Morgan fingerprint density at radius 3 is 2.00 bits per heavy atom. The number of piperidine rings is 1. The number of rotatable bonds is 7. The zero-order valence-corrected chi connectivity index (χ0v) is 11.9. The summed E-state index contributed by atoms with van der Waals surface area (Å²) in [6.45, 7) is 3.99. The maximum atomic E-state index is 11.3. The number of hydrogen-bond donors (Lipinski definition) is 0. The number of nitrogens with zero attached hydrogens (tertiary/aromatic N) is 2. The van der Waals surface area contributed by atoms with Gasteiger partial charge in [-0.15, -0.1) is 0 Å². The molecular weight excluding hydrogens is 248 g/mol. The lowest BCUT2D eigenvalue weighted by Crippen LogP contribution is -2.42. The molecule has 0 aromatic heterocycles. The number of carbonyl (C=O) groups is 2. The first-order valence-corrected chi connectivity index (χ1v) is 6.74. The van der Waals surface area contributed by atoms with Crippen molar-refractivity contribution in [3.8, 4) is 0 Å². The Morgan fingerprint density at radius 2 is 1.53 bits per heavy atom. The maximum absolute atomic E-state index is 11.3. The summed E-state index contributed by atoms with van der Waals surface area (Å²) in [5.74, 6) is -0.662. The third kappa shape index (κ3) is 6.54. The molecule has 0 aromatic rings. The van der Waals surface area contributed by atoms with E-state index in [9.17, 15) is 9.59 Å². The van der Waals surface area contributed by atoms with Gasteiger partial charge in [0.1, 0.15) is 0 Å². The molecule has 0 atom stereocenters. The normalized spacial score (nSPS) is 16.4. The van der Waals surface area contributed by atoms with Crippen LogP contribution in [0.4, 0.5) is 0 Å². The van der Waals surface area contributed by atoms with Gasteiger partial charge in [-0.2, -0.15) is 0 Å². The van der Waals surface area contributed by atoms with E-state index in [1.807, 2.05) is 0 Å². The fourth-order valence-corrected chi connectivity index (χ4v) is 2.17. The van der Waals surface area contributed by atoms with Gasteiger partial charge >= 0.3 is 11.9 Å². The standard InChI is InChI=1S/C13H24N2O4/c1-18-12(16)10-15(11-13(17)19-2)9-8-14-6-4-3-5-7-14/h3-11H2,1-2H3. The zero-order valence-electron chi connectivity index (χ0n) is 11.9. The smallest absolute Gasteiger partial charge is 0.319 e. The number of likely N-dealkylation sites (tertiary alicyclic amines) is 1. The monoisotopic (exact) mass is 272 g/mol. The van der Waals surface area contributed by atoms with Crippen LogP contribution in [0.5, 0.6) is 0 Å². The minimum atomic E-state index is -0.331. The molecule has 0 radical (unpaired) electrons. The second kappa shape index (κ2) is 8.87. The van der Waals surface area contributed by atoms with Crippen molar-refractivity contribution in [1.82, 2.24) is 9.80 Å². The highest BCUT2D eigenvalue weighted by Gasteiger charge is 2.17. The van der Waals surface area contributed by atoms with Crippen molar-refractivity contribution >= 4 is 11.9 Å². The molecule has 0 N–H and O–H groups in total. The fourth-order valence-electron chi connectivity index (χ4n) is 2.17. The van der Waals surface area contributed by atoms with Crippen LogP contribution in [0.1, 0.15) is 19.3 Å². The van der Waals surface area contributed by atoms with E-state index in [2.05, 4.69) is 14.4 Å². The van der Waals surface area contributed by atoms with Crippen LogP contribution in [0, 0.1) is 0 Å². The third-order valence-corrected chi connectivity index (χ3v) is 3.34. The summed E-state index contributed by atoms with van der Waals surface area (Å²) in [4.78, 5) is 26.8. The Balaban J connectivity index is 2.38. The molecule has 0 aromatic carbocycles. The predicted molar refractivity (Wildman–Crippen MR) is 70.8 cm³/mol. The molecule has 1 rings (SSSR count). The van der Waals surface area contributed by atoms with E-state index in [4.69, 9.17) is 0 Å².